The molecule has 0 unspecified atom stereocenters. The van der Waals surface area contributed by atoms with Crippen LogP contribution in [0.25, 0.3) is 10.9 Å². The molecule has 6 nitrogen and oxygen atoms in total. The van der Waals surface area contributed by atoms with E-state index in [1.807, 2.05) is 36.9 Å². The molecule has 0 saturated carbocycles. The second-order valence-electron chi connectivity index (χ2n) is 5.89. The fourth-order valence-corrected chi connectivity index (χ4v) is 3.13. The van der Waals surface area contributed by atoms with Crippen LogP contribution in [0.5, 0.6) is 5.75 Å². The number of halogens is 1. The molecule has 0 radical (unpaired) electrons. The second-order valence-corrected chi connectivity index (χ2v) is 6.23. The van der Waals surface area contributed by atoms with E-state index in [0.29, 0.717) is 23.6 Å². The van der Waals surface area contributed by atoms with Crippen LogP contribution in [0.15, 0.2) is 18.2 Å². The molecule has 0 spiro atoms. The maximum atomic E-state index is 11.7. The zero-order valence-corrected chi connectivity index (χ0v) is 13.9. The van der Waals surface area contributed by atoms with Gasteiger partial charge in [0.05, 0.1) is 6.10 Å². The molecular formula is C16H19ClN4O2. The average molecular weight is 335 g/mol. The summed E-state index contributed by atoms with van der Waals surface area (Å²) in [5, 5.41) is 0.933. The number of carbonyl (C=O) groups excluding carboxylic acids is 1. The van der Waals surface area contributed by atoms with E-state index >= 15 is 0 Å². The normalized spacial score (nSPS) is 17.9. The lowest BCUT2D eigenvalue weighted by molar-refractivity contribution is -0.119. The SMILES string of the molecule is CC(C)Oc1cccc2c(N3CCC[C@H]3C(N)=O)nc(Cl)nc12. The molecule has 122 valence electrons. The molecule has 1 aromatic heterocycles. The fourth-order valence-electron chi connectivity index (χ4n) is 2.97. The number of hydrogen-bond acceptors (Lipinski definition) is 5. The minimum absolute atomic E-state index is 0.0166. The third kappa shape index (κ3) is 3.03. The van der Waals surface area contributed by atoms with Crippen LogP contribution in [0.3, 0.4) is 0 Å². The molecular weight excluding hydrogens is 316 g/mol. The van der Waals surface area contributed by atoms with E-state index in [-0.39, 0.29) is 23.3 Å². The van der Waals surface area contributed by atoms with Gasteiger partial charge in [0.25, 0.3) is 0 Å². The van der Waals surface area contributed by atoms with Crippen molar-refractivity contribution in [3.63, 3.8) is 0 Å². The first kappa shape index (κ1) is 15.8. The number of fused-ring (bicyclic) bond motifs is 1. The van der Waals surface area contributed by atoms with Crippen LogP contribution in [-0.2, 0) is 4.79 Å². The minimum Gasteiger partial charge on any atom is -0.489 e. The van der Waals surface area contributed by atoms with Crippen LogP contribution in [-0.4, -0.2) is 34.6 Å². The van der Waals surface area contributed by atoms with E-state index in [1.54, 1.807) is 0 Å². The number of benzene rings is 1. The summed E-state index contributed by atoms with van der Waals surface area (Å²) in [6.45, 7) is 4.61. The number of primary amides is 1. The number of ether oxygens (including phenoxy) is 1. The topological polar surface area (TPSA) is 81.3 Å². The van der Waals surface area contributed by atoms with Gasteiger partial charge in [0, 0.05) is 11.9 Å². The summed E-state index contributed by atoms with van der Waals surface area (Å²) in [5.41, 5.74) is 6.17. The zero-order valence-electron chi connectivity index (χ0n) is 13.1. The predicted molar refractivity (Wildman–Crippen MR) is 89.9 cm³/mol. The van der Waals surface area contributed by atoms with E-state index in [0.717, 1.165) is 18.2 Å². The second kappa shape index (κ2) is 6.20. The Morgan fingerprint density at radius 1 is 1.43 bits per heavy atom. The lowest BCUT2D eigenvalue weighted by Gasteiger charge is -2.25. The number of hydrogen-bond donors (Lipinski definition) is 1. The van der Waals surface area contributed by atoms with E-state index in [9.17, 15) is 4.79 Å². The first-order valence-corrected chi connectivity index (χ1v) is 8.04. The molecule has 1 amide bonds. The lowest BCUT2D eigenvalue weighted by Crippen LogP contribution is -2.40. The summed E-state index contributed by atoms with van der Waals surface area (Å²) >= 11 is 6.12. The van der Waals surface area contributed by atoms with Crippen molar-refractivity contribution in [2.75, 3.05) is 11.4 Å². The monoisotopic (exact) mass is 334 g/mol. The molecule has 1 atom stereocenters. The number of anilines is 1. The molecule has 2 N–H and O–H groups in total. The third-order valence-corrected chi connectivity index (χ3v) is 4.03. The Hall–Kier alpha value is -2.08. The van der Waals surface area contributed by atoms with Gasteiger partial charge in [-0.1, -0.05) is 6.07 Å². The van der Waals surface area contributed by atoms with Crippen molar-refractivity contribution in [3.05, 3.63) is 23.5 Å². The molecule has 1 aliphatic heterocycles. The van der Waals surface area contributed by atoms with Gasteiger partial charge in [-0.15, -0.1) is 0 Å². The first-order valence-electron chi connectivity index (χ1n) is 7.66. The molecule has 7 heteroatoms. The molecule has 1 saturated heterocycles. The molecule has 0 bridgehead atoms. The van der Waals surface area contributed by atoms with Crippen LogP contribution < -0.4 is 15.4 Å². The summed E-state index contributed by atoms with van der Waals surface area (Å²) in [5.74, 6) is 0.938. The quantitative estimate of drug-likeness (QED) is 0.869. The van der Waals surface area contributed by atoms with Gasteiger partial charge in [0.2, 0.25) is 11.2 Å². The van der Waals surface area contributed by atoms with Gasteiger partial charge in [0.1, 0.15) is 23.1 Å². The van der Waals surface area contributed by atoms with Gasteiger partial charge in [0.15, 0.2) is 0 Å². The van der Waals surface area contributed by atoms with Crippen molar-refractivity contribution >= 4 is 34.2 Å². The number of amides is 1. The van der Waals surface area contributed by atoms with Crippen molar-refractivity contribution in [1.82, 2.24) is 9.97 Å². The highest BCUT2D eigenvalue weighted by atomic mass is 35.5. The molecule has 1 aromatic carbocycles. The van der Waals surface area contributed by atoms with Crippen molar-refractivity contribution < 1.29 is 9.53 Å². The van der Waals surface area contributed by atoms with E-state index in [1.165, 1.54) is 0 Å². The Morgan fingerprint density at radius 3 is 2.91 bits per heavy atom. The number of aromatic nitrogens is 2. The summed E-state index contributed by atoms with van der Waals surface area (Å²) in [6, 6.07) is 5.28. The number of nitrogens with zero attached hydrogens (tertiary/aromatic N) is 3. The van der Waals surface area contributed by atoms with Gasteiger partial charge >= 0.3 is 0 Å². The number of carbonyl (C=O) groups is 1. The summed E-state index contributed by atoms with van der Waals surface area (Å²) in [6.07, 6.45) is 1.63. The van der Waals surface area contributed by atoms with Gasteiger partial charge in [-0.2, -0.15) is 4.98 Å². The van der Waals surface area contributed by atoms with Crippen LogP contribution in [0, 0.1) is 0 Å². The van der Waals surface area contributed by atoms with Crippen molar-refractivity contribution in [1.29, 1.82) is 0 Å². The molecule has 1 fully saturated rings. The Balaban J connectivity index is 2.16. The fraction of sp³-hybridized carbons (Fsp3) is 0.438. The summed E-state index contributed by atoms with van der Waals surface area (Å²) in [4.78, 5) is 22.3. The zero-order chi connectivity index (χ0) is 16.6. The Bertz CT molecular complexity index is 750. The highest BCUT2D eigenvalue weighted by Gasteiger charge is 2.31. The van der Waals surface area contributed by atoms with Gasteiger partial charge in [-0.25, -0.2) is 4.98 Å². The van der Waals surface area contributed by atoms with Crippen molar-refractivity contribution in [2.24, 2.45) is 5.73 Å². The summed E-state index contributed by atoms with van der Waals surface area (Å²) in [7, 11) is 0. The average Bonchev–Trinajstić information content (AvgIpc) is 2.96. The maximum absolute atomic E-state index is 11.7. The van der Waals surface area contributed by atoms with E-state index in [2.05, 4.69) is 9.97 Å². The van der Waals surface area contributed by atoms with Gasteiger partial charge < -0.3 is 15.4 Å². The number of rotatable bonds is 4. The predicted octanol–water partition coefficient (Wildman–Crippen LogP) is 2.52. The van der Waals surface area contributed by atoms with Crippen LogP contribution in [0.1, 0.15) is 26.7 Å². The Kier molecular flexibility index (Phi) is 4.26. The van der Waals surface area contributed by atoms with Crippen molar-refractivity contribution in [2.45, 2.75) is 38.8 Å². The lowest BCUT2D eigenvalue weighted by atomic mass is 10.1. The Labute approximate surface area is 139 Å². The largest absolute Gasteiger partial charge is 0.489 e. The van der Waals surface area contributed by atoms with Crippen LogP contribution >= 0.6 is 11.6 Å². The molecule has 3 rings (SSSR count). The number of para-hydroxylation sites is 1. The van der Waals surface area contributed by atoms with Crippen molar-refractivity contribution in [3.8, 4) is 5.75 Å². The minimum atomic E-state index is -0.362. The van der Waals surface area contributed by atoms with Gasteiger partial charge in [-0.05, 0) is 50.4 Å². The van der Waals surface area contributed by atoms with Crippen LogP contribution in [0.2, 0.25) is 5.28 Å². The van der Waals surface area contributed by atoms with Gasteiger partial charge in [-0.3, -0.25) is 4.79 Å². The smallest absolute Gasteiger partial charge is 0.240 e. The summed E-state index contributed by atoms with van der Waals surface area (Å²) < 4.78 is 5.82. The first-order chi connectivity index (χ1) is 11.0. The van der Waals surface area contributed by atoms with Crippen LogP contribution in [0.4, 0.5) is 5.82 Å². The number of nitrogens with two attached hydrogens (primary N) is 1. The molecule has 2 heterocycles. The molecule has 2 aromatic rings. The van der Waals surface area contributed by atoms with E-state index in [4.69, 9.17) is 22.1 Å². The Morgan fingerprint density at radius 2 is 2.22 bits per heavy atom. The maximum Gasteiger partial charge on any atom is 0.240 e. The third-order valence-electron chi connectivity index (χ3n) is 3.86. The highest BCUT2D eigenvalue weighted by Crippen LogP contribution is 2.34. The molecule has 1 aliphatic rings. The highest BCUT2D eigenvalue weighted by molar-refractivity contribution is 6.29. The van der Waals surface area contributed by atoms with E-state index < -0.39 is 0 Å². The standard InChI is InChI=1S/C16H19ClN4O2/c1-9(2)23-12-7-3-5-10-13(12)19-16(17)20-15(10)21-8-4-6-11(21)14(18)22/h3,5,7,9,11H,4,6,8H2,1-2H3,(H2,18,22)/t11-/m0/s1. The molecule has 0 aliphatic carbocycles. The molecule has 23 heavy (non-hydrogen) atoms.